The highest BCUT2D eigenvalue weighted by molar-refractivity contribution is 5.80. The summed E-state index contributed by atoms with van der Waals surface area (Å²) >= 11 is 0. The first-order valence-electron chi connectivity index (χ1n) is 4.80. The minimum Gasteiger partial charge on any atom is -0.496 e. The number of benzene rings is 1. The Kier molecular flexibility index (Phi) is 2.41. The molecule has 0 saturated carbocycles. The molecule has 15 heavy (non-hydrogen) atoms. The van der Waals surface area contributed by atoms with Crippen molar-refractivity contribution in [3.8, 4) is 5.75 Å². The lowest BCUT2D eigenvalue weighted by Crippen LogP contribution is -2.04. The maximum atomic E-state index is 11.5. The molecule has 1 aromatic heterocycles. The monoisotopic (exact) mass is 204 g/mol. The second kappa shape index (κ2) is 3.73. The van der Waals surface area contributed by atoms with Gasteiger partial charge in [0.15, 0.2) is 0 Å². The van der Waals surface area contributed by atoms with E-state index < -0.39 is 0 Å². The molecule has 0 fully saturated rings. The van der Waals surface area contributed by atoms with Gasteiger partial charge in [0.25, 0.3) is 0 Å². The molecule has 2 aromatic rings. The van der Waals surface area contributed by atoms with Crippen LogP contribution in [0.3, 0.4) is 0 Å². The van der Waals surface area contributed by atoms with Gasteiger partial charge in [-0.05, 0) is 18.1 Å². The van der Waals surface area contributed by atoms with Gasteiger partial charge in [-0.1, -0.05) is 6.92 Å². The Morgan fingerprint density at radius 3 is 2.93 bits per heavy atom. The molecule has 0 saturated heterocycles. The van der Waals surface area contributed by atoms with Crippen LogP contribution in [-0.2, 0) is 6.42 Å². The summed E-state index contributed by atoms with van der Waals surface area (Å²) in [6, 6.07) is 3.66. The summed E-state index contributed by atoms with van der Waals surface area (Å²) in [5.41, 5.74) is 1.67. The Balaban J connectivity index is 2.81. The molecular weight excluding hydrogens is 192 g/mol. The van der Waals surface area contributed by atoms with E-state index in [0.717, 1.165) is 17.7 Å². The Hall–Kier alpha value is -1.84. The first kappa shape index (κ1) is 9.71. The molecule has 0 aliphatic heterocycles. The summed E-state index contributed by atoms with van der Waals surface area (Å²) in [5.74, 6) is 0.786. The average molecular weight is 204 g/mol. The number of hydrogen-bond donors (Lipinski definition) is 1. The molecule has 0 spiro atoms. The molecule has 0 radical (unpaired) electrons. The third kappa shape index (κ3) is 1.58. The Morgan fingerprint density at radius 2 is 2.27 bits per heavy atom. The topological polar surface area (TPSA) is 55.0 Å². The van der Waals surface area contributed by atoms with Crippen LogP contribution in [0.15, 0.2) is 23.1 Å². The van der Waals surface area contributed by atoms with Crippen molar-refractivity contribution < 1.29 is 4.74 Å². The second-order valence-corrected chi connectivity index (χ2v) is 3.30. The van der Waals surface area contributed by atoms with Crippen LogP contribution >= 0.6 is 0 Å². The Bertz CT molecular complexity index is 546. The zero-order chi connectivity index (χ0) is 10.8. The number of rotatable bonds is 2. The van der Waals surface area contributed by atoms with E-state index in [1.54, 1.807) is 7.11 Å². The lowest BCUT2D eigenvalue weighted by Gasteiger charge is -2.07. The first-order valence-corrected chi connectivity index (χ1v) is 4.80. The van der Waals surface area contributed by atoms with Gasteiger partial charge in [0.2, 0.25) is 5.43 Å². The van der Waals surface area contributed by atoms with Gasteiger partial charge in [0, 0.05) is 11.5 Å². The van der Waals surface area contributed by atoms with Gasteiger partial charge >= 0.3 is 0 Å². The van der Waals surface area contributed by atoms with E-state index in [-0.39, 0.29) is 5.43 Å². The number of methoxy groups -OCH3 is 1. The molecule has 78 valence electrons. The van der Waals surface area contributed by atoms with Crippen LogP contribution < -0.4 is 10.2 Å². The van der Waals surface area contributed by atoms with Gasteiger partial charge in [-0.15, -0.1) is 0 Å². The molecule has 0 atom stereocenters. The number of H-pyrrole nitrogens is 1. The summed E-state index contributed by atoms with van der Waals surface area (Å²) in [6.07, 6.45) is 2.12. The maximum absolute atomic E-state index is 11.5. The van der Waals surface area contributed by atoms with Gasteiger partial charge in [0.05, 0.1) is 18.8 Å². The van der Waals surface area contributed by atoms with Gasteiger partial charge in [-0.25, -0.2) is 0 Å². The molecule has 0 unspecified atom stereocenters. The zero-order valence-corrected chi connectivity index (χ0v) is 8.70. The van der Waals surface area contributed by atoms with E-state index in [1.165, 1.54) is 6.20 Å². The van der Waals surface area contributed by atoms with Crippen LogP contribution in [0.2, 0.25) is 0 Å². The van der Waals surface area contributed by atoms with Crippen molar-refractivity contribution in [2.75, 3.05) is 7.11 Å². The Morgan fingerprint density at radius 1 is 1.47 bits per heavy atom. The van der Waals surface area contributed by atoms with Crippen LogP contribution in [0.25, 0.3) is 10.9 Å². The summed E-state index contributed by atoms with van der Waals surface area (Å²) in [4.78, 5) is 11.5. The predicted octanol–water partition coefficient (Wildman–Crippen LogP) is 1.49. The molecular formula is C11H12N2O2. The standard InChI is InChI=1S/C11H12N2O2/c1-3-7-4-8-9(5-11(7)15-2)13-12-6-10(8)14/h4-6H,3H2,1-2H3,(H,13,14). The Labute approximate surface area is 86.9 Å². The average Bonchev–Trinajstić information content (AvgIpc) is 2.28. The highest BCUT2D eigenvalue weighted by atomic mass is 16.5. The number of hydrogen-bond acceptors (Lipinski definition) is 3. The van der Waals surface area contributed by atoms with Crippen molar-refractivity contribution >= 4 is 10.9 Å². The van der Waals surface area contributed by atoms with E-state index in [2.05, 4.69) is 10.2 Å². The van der Waals surface area contributed by atoms with Crippen LogP contribution in [0, 0.1) is 0 Å². The molecule has 0 aliphatic carbocycles. The third-order valence-corrected chi connectivity index (χ3v) is 2.43. The number of aromatic nitrogens is 2. The highest BCUT2D eigenvalue weighted by Crippen LogP contribution is 2.22. The summed E-state index contributed by atoms with van der Waals surface area (Å²) < 4.78 is 5.23. The molecule has 0 bridgehead atoms. The van der Waals surface area contributed by atoms with Gasteiger partial charge < -0.3 is 4.74 Å². The number of ether oxygens (including phenoxy) is 1. The van der Waals surface area contributed by atoms with E-state index in [0.29, 0.717) is 10.9 Å². The van der Waals surface area contributed by atoms with Crippen LogP contribution in [-0.4, -0.2) is 17.3 Å². The minimum absolute atomic E-state index is 0.0684. The fraction of sp³-hybridized carbons (Fsp3) is 0.273. The van der Waals surface area contributed by atoms with E-state index in [4.69, 9.17) is 4.74 Å². The summed E-state index contributed by atoms with van der Waals surface area (Å²) in [6.45, 7) is 2.03. The third-order valence-electron chi connectivity index (χ3n) is 2.43. The zero-order valence-electron chi connectivity index (χ0n) is 8.70. The van der Waals surface area contributed by atoms with Crippen LogP contribution in [0.4, 0.5) is 0 Å². The van der Waals surface area contributed by atoms with Crippen molar-refractivity contribution in [3.05, 3.63) is 34.1 Å². The molecule has 1 N–H and O–H groups in total. The predicted molar refractivity (Wildman–Crippen MR) is 58.3 cm³/mol. The van der Waals surface area contributed by atoms with Crippen LogP contribution in [0.5, 0.6) is 5.75 Å². The maximum Gasteiger partial charge on any atom is 0.207 e. The summed E-state index contributed by atoms with van der Waals surface area (Å²) in [7, 11) is 1.62. The first-order chi connectivity index (χ1) is 7.26. The summed E-state index contributed by atoms with van der Waals surface area (Å²) in [5, 5.41) is 7.19. The molecule has 1 aromatic carbocycles. The number of nitrogens with zero attached hydrogens (tertiary/aromatic N) is 1. The number of aryl methyl sites for hydroxylation is 1. The largest absolute Gasteiger partial charge is 0.496 e. The number of aromatic amines is 1. The fourth-order valence-electron chi connectivity index (χ4n) is 1.62. The van der Waals surface area contributed by atoms with Crippen molar-refractivity contribution in [3.63, 3.8) is 0 Å². The molecule has 4 nitrogen and oxygen atoms in total. The fourth-order valence-corrected chi connectivity index (χ4v) is 1.62. The SMILES string of the molecule is CCc1cc2c(=O)cn[nH]c2cc1OC. The van der Waals surface area contributed by atoms with E-state index in [9.17, 15) is 4.79 Å². The van der Waals surface area contributed by atoms with Gasteiger partial charge in [-0.3, -0.25) is 9.89 Å². The van der Waals surface area contributed by atoms with Gasteiger partial charge in [-0.2, -0.15) is 5.10 Å². The van der Waals surface area contributed by atoms with E-state index in [1.807, 2.05) is 19.1 Å². The lowest BCUT2D eigenvalue weighted by molar-refractivity contribution is 0.410. The van der Waals surface area contributed by atoms with Crippen molar-refractivity contribution in [1.29, 1.82) is 0 Å². The van der Waals surface area contributed by atoms with Crippen molar-refractivity contribution in [2.45, 2.75) is 13.3 Å². The van der Waals surface area contributed by atoms with E-state index >= 15 is 0 Å². The molecule has 4 heteroatoms. The number of fused-ring (bicyclic) bond motifs is 1. The van der Waals surface area contributed by atoms with Crippen LogP contribution in [0.1, 0.15) is 12.5 Å². The molecule has 0 amide bonds. The number of nitrogens with one attached hydrogen (secondary N) is 1. The normalized spacial score (nSPS) is 10.5. The van der Waals surface area contributed by atoms with Crippen molar-refractivity contribution in [2.24, 2.45) is 0 Å². The van der Waals surface area contributed by atoms with Gasteiger partial charge in [0.1, 0.15) is 5.75 Å². The lowest BCUT2D eigenvalue weighted by atomic mass is 10.1. The minimum atomic E-state index is -0.0684. The quantitative estimate of drug-likeness (QED) is 0.806. The molecule has 2 rings (SSSR count). The highest BCUT2D eigenvalue weighted by Gasteiger charge is 2.06. The smallest absolute Gasteiger partial charge is 0.207 e. The second-order valence-electron chi connectivity index (χ2n) is 3.30. The van der Waals surface area contributed by atoms with Crippen molar-refractivity contribution in [1.82, 2.24) is 10.2 Å². The molecule has 1 heterocycles. The molecule has 0 aliphatic rings.